The van der Waals surface area contributed by atoms with Crippen molar-refractivity contribution in [1.82, 2.24) is 14.8 Å². The lowest BCUT2D eigenvalue weighted by Crippen LogP contribution is -2.50. The summed E-state index contributed by atoms with van der Waals surface area (Å²) in [6.45, 7) is 8.03. The number of H-pyrrole nitrogens is 1. The first-order chi connectivity index (χ1) is 14.3. The molecule has 0 atom stereocenters. The van der Waals surface area contributed by atoms with E-state index in [1.165, 1.54) is 6.92 Å². The summed E-state index contributed by atoms with van der Waals surface area (Å²) in [5.41, 5.74) is 3.56. The number of nitrogens with one attached hydrogen (secondary N) is 1. The normalized spacial score (nSPS) is 14.7. The first-order valence-corrected chi connectivity index (χ1v) is 10.7. The number of aromatic amines is 1. The molecule has 1 N–H and O–H groups in total. The summed E-state index contributed by atoms with van der Waals surface area (Å²) in [5.74, 6) is 0.0111. The van der Waals surface area contributed by atoms with E-state index in [0.717, 1.165) is 16.8 Å². The molecule has 3 rings (SSSR count). The maximum absolute atomic E-state index is 12.9. The molecule has 30 heavy (non-hydrogen) atoms. The van der Waals surface area contributed by atoms with Gasteiger partial charge in [-0.3, -0.25) is 19.3 Å². The minimum Gasteiger partial charge on any atom is -0.355 e. The number of Topliss-reactive ketones (excluding diaryl/α,β-unsaturated/α-hetero) is 2. The Labute approximate surface area is 182 Å². The van der Waals surface area contributed by atoms with Crippen molar-refractivity contribution in [2.45, 2.75) is 33.6 Å². The number of rotatable bonds is 7. The molecule has 0 saturated carbocycles. The van der Waals surface area contributed by atoms with Crippen LogP contribution in [0, 0.1) is 6.92 Å². The molecule has 1 fully saturated rings. The lowest BCUT2D eigenvalue weighted by atomic mass is 10.0. The van der Waals surface area contributed by atoms with E-state index in [4.69, 9.17) is 11.6 Å². The summed E-state index contributed by atoms with van der Waals surface area (Å²) in [6, 6.07) is 7.38. The van der Waals surface area contributed by atoms with Gasteiger partial charge < -0.3 is 9.88 Å². The van der Waals surface area contributed by atoms with Crippen LogP contribution in [-0.4, -0.2) is 65.0 Å². The maximum Gasteiger partial charge on any atom is 0.227 e. The van der Waals surface area contributed by atoms with Gasteiger partial charge in [0.1, 0.15) is 0 Å². The van der Waals surface area contributed by atoms with Gasteiger partial charge in [0.2, 0.25) is 5.91 Å². The van der Waals surface area contributed by atoms with Gasteiger partial charge in [-0.2, -0.15) is 0 Å². The van der Waals surface area contributed by atoms with E-state index in [1.807, 2.05) is 36.9 Å². The van der Waals surface area contributed by atoms with Gasteiger partial charge in [-0.1, -0.05) is 36.7 Å². The second-order valence-electron chi connectivity index (χ2n) is 7.74. The quantitative estimate of drug-likeness (QED) is 0.685. The van der Waals surface area contributed by atoms with Gasteiger partial charge in [0.05, 0.1) is 18.7 Å². The number of amides is 1. The zero-order valence-electron chi connectivity index (χ0n) is 17.8. The second-order valence-corrected chi connectivity index (χ2v) is 8.14. The van der Waals surface area contributed by atoms with Crippen molar-refractivity contribution >= 4 is 29.1 Å². The van der Waals surface area contributed by atoms with Crippen molar-refractivity contribution in [3.05, 3.63) is 57.4 Å². The molecular formula is C23H28ClN3O3. The Hall–Kier alpha value is -2.44. The van der Waals surface area contributed by atoms with Crippen LogP contribution >= 0.6 is 11.6 Å². The Morgan fingerprint density at radius 1 is 1.10 bits per heavy atom. The number of aromatic nitrogens is 1. The number of benzene rings is 1. The van der Waals surface area contributed by atoms with Crippen molar-refractivity contribution in [3.8, 4) is 0 Å². The Morgan fingerprint density at radius 2 is 1.77 bits per heavy atom. The summed E-state index contributed by atoms with van der Waals surface area (Å²) < 4.78 is 0. The standard InChI is InChI=1S/C23H28ClN3O3/c1-4-18-22(16(3)28)15(2)25-23(18)20(29)14-26-9-11-27(12-10-26)21(30)13-17-7-5-6-8-19(17)24/h5-8,25H,4,9-14H2,1-3H3. The average molecular weight is 430 g/mol. The Morgan fingerprint density at radius 3 is 2.37 bits per heavy atom. The highest BCUT2D eigenvalue weighted by Crippen LogP contribution is 2.21. The van der Waals surface area contributed by atoms with E-state index in [-0.39, 0.29) is 30.4 Å². The van der Waals surface area contributed by atoms with E-state index >= 15 is 0 Å². The van der Waals surface area contributed by atoms with Crippen molar-refractivity contribution in [1.29, 1.82) is 0 Å². The first kappa shape index (κ1) is 22.2. The van der Waals surface area contributed by atoms with Crippen LogP contribution in [0.25, 0.3) is 0 Å². The van der Waals surface area contributed by atoms with Crippen molar-refractivity contribution in [2.24, 2.45) is 0 Å². The highest BCUT2D eigenvalue weighted by atomic mass is 35.5. The summed E-state index contributed by atoms with van der Waals surface area (Å²) in [5, 5.41) is 0.605. The van der Waals surface area contributed by atoms with E-state index in [1.54, 1.807) is 6.07 Å². The maximum atomic E-state index is 12.9. The molecule has 2 heterocycles. The van der Waals surface area contributed by atoms with Crippen LogP contribution < -0.4 is 0 Å². The van der Waals surface area contributed by atoms with Crippen molar-refractivity contribution in [3.63, 3.8) is 0 Å². The third kappa shape index (κ3) is 4.82. The highest BCUT2D eigenvalue weighted by molar-refractivity contribution is 6.31. The minimum atomic E-state index is -0.0229. The van der Waals surface area contributed by atoms with Gasteiger partial charge in [-0.05, 0) is 37.5 Å². The van der Waals surface area contributed by atoms with Crippen LogP contribution in [-0.2, 0) is 17.6 Å². The summed E-state index contributed by atoms with van der Waals surface area (Å²) in [4.78, 5) is 44.4. The largest absolute Gasteiger partial charge is 0.355 e. The van der Waals surface area contributed by atoms with Gasteiger partial charge in [0.15, 0.2) is 11.6 Å². The number of nitrogens with zero attached hydrogens (tertiary/aromatic N) is 2. The Bertz CT molecular complexity index is 959. The van der Waals surface area contributed by atoms with Crippen LogP contribution in [0.15, 0.2) is 24.3 Å². The number of aryl methyl sites for hydroxylation is 1. The molecule has 0 unspecified atom stereocenters. The first-order valence-electron chi connectivity index (χ1n) is 10.3. The van der Waals surface area contributed by atoms with Gasteiger partial charge >= 0.3 is 0 Å². The van der Waals surface area contributed by atoms with Crippen molar-refractivity contribution < 1.29 is 14.4 Å². The van der Waals surface area contributed by atoms with Crippen LogP contribution in [0.5, 0.6) is 0 Å². The van der Waals surface area contributed by atoms with Crippen LogP contribution in [0.2, 0.25) is 5.02 Å². The number of piperazine rings is 1. The zero-order chi connectivity index (χ0) is 21.8. The fourth-order valence-corrected chi connectivity index (χ4v) is 4.30. The molecule has 6 nitrogen and oxygen atoms in total. The van der Waals surface area contributed by atoms with Gasteiger partial charge in [0.25, 0.3) is 0 Å². The Balaban J connectivity index is 1.58. The SMILES string of the molecule is CCc1c(C(=O)CN2CCN(C(=O)Cc3ccccc3Cl)CC2)[nH]c(C)c1C(C)=O. The molecular weight excluding hydrogens is 402 g/mol. The smallest absolute Gasteiger partial charge is 0.227 e. The van der Waals surface area contributed by atoms with E-state index in [9.17, 15) is 14.4 Å². The third-order valence-electron chi connectivity index (χ3n) is 5.67. The monoisotopic (exact) mass is 429 g/mol. The number of hydrogen-bond acceptors (Lipinski definition) is 4. The van der Waals surface area contributed by atoms with Crippen LogP contribution in [0.4, 0.5) is 0 Å². The highest BCUT2D eigenvalue weighted by Gasteiger charge is 2.26. The van der Waals surface area contributed by atoms with E-state index in [0.29, 0.717) is 48.9 Å². The van der Waals surface area contributed by atoms with E-state index < -0.39 is 0 Å². The summed E-state index contributed by atoms with van der Waals surface area (Å²) in [6.07, 6.45) is 0.915. The number of hydrogen-bond donors (Lipinski definition) is 1. The summed E-state index contributed by atoms with van der Waals surface area (Å²) >= 11 is 6.16. The van der Waals surface area contributed by atoms with Crippen LogP contribution in [0.3, 0.4) is 0 Å². The number of carbonyl (C=O) groups excluding carboxylic acids is 3. The van der Waals surface area contributed by atoms with Gasteiger partial charge in [-0.15, -0.1) is 0 Å². The van der Waals surface area contributed by atoms with Crippen molar-refractivity contribution in [2.75, 3.05) is 32.7 Å². The molecule has 1 amide bonds. The topological polar surface area (TPSA) is 73.5 Å². The average Bonchev–Trinajstić information content (AvgIpc) is 3.07. The molecule has 0 spiro atoms. The molecule has 1 aliphatic heterocycles. The molecule has 1 saturated heterocycles. The molecule has 0 radical (unpaired) electrons. The lowest BCUT2D eigenvalue weighted by molar-refractivity contribution is -0.132. The molecule has 0 bridgehead atoms. The van der Waals surface area contributed by atoms with Gasteiger partial charge in [-0.25, -0.2) is 0 Å². The predicted octanol–water partition coefficient (Wildman–Crippen LogP) is 3.31. The molecule has 7 heteroatoms. The number of ketones is 2. The Kier molecular flexibility index (Phi) is 7.10. The van der Waals surface area contributed by atoms with E-state index in [2.05, 4.69) is 9.88 Å². The fourth-order valence-electron chi connectivity index (χ4n) is 4.10. The second kappa shape index (κ2) is 9.58. The zero-order valence-corrected chi connectivity index (χ0v) is 18.5. The predicted molar refractivity (Wildman–Crippen MR) is 117 cm³/mol. The van der Waals surface area contributed by atoms with Crippen LogP contribution in [0.1, 0.15) is 51.5 Å². The summed E-state index contributed by atoms with van der Waals surface area (Å²) in [7, 11) is 0. The van der Waals surface area contributed by atoms with Gasteiger partial charge in [0, 0.05) is 42.5 Å². The number of carbonyl (C=O) groups is 3. The molecule has 1 aromatic carbocycles. The minimum absolute atomic E-state index is 0.0155. The lowest BCUT2D eigenvalue weighted by Gasteiger charge is -2.34. The molecule has 1 aromatic heterocycles. The third-order valence-corrected chi connectivity index (χ3v) is 6.04. The molecule has 0 aliphatic carbocycles. The fraction of sp³-hybridized carbons (Fsp3) is 0.435. The number of halogens is 1. The molecule has 1 aliphatic rings. The molecule has 160 valence electrons. The molecule has 2 aromatic rings.